The molecule has 0 radical (unpaired) electrons. The Labute approximate surface area is 143 Å². The third-order valence-electron chi connectivity index (χ3n) is 3.99. The molecule has 6 nitrogen and oxygen atoms in total. The highest BCUT2D eigenvalue weighted by molar-refractivity contribution is 5.42. The maximum atomic E-state index is 5.37. The lowest BCUT2D eigenvalue weighted by Gasteiger charge is -2.26. The third-order valence-corrected chi connectivity index (χ3v) is 3.99. The van der Waals surface area contributed by atoms with E-state index in [2.05, 4.69) is 37.6 Å². The number of nitrogens with one attached hydrogen (secondary N) is 2. The van der Waals surface area contributed by atoms with E-state index < -0.39 is 0 Å². The number of aryl methyl sites for hydroxylation is 1. The fourth-order valence-corrected chi connectivity index (χ4v) is 2.68. The zero-order chi connectivity index (χ0) is 16.6. The molecule has 1 aromatic carbocycles. The highest BCUT2D eigenvalue weighted by atomic mass is 16.5. The van der Waals surface area contributed by atoms with Gasteiger partial charge in [-0.3, -0.25) is 4.90 Å². The van der Waals surface area contributed by atoms with Gasteiger partial charge in [-0.25, -0.2) is 4.98 Å². The summed E-state index contributed by atoms with van der Waals surface area (Å²) in [6, 6.07) is 12.2. The lowest BCUT2D eigenvalue weighted by atomic mass is 10.2. The lowest BCUT2D eigenvalue weighted by molar-refractivity contribution is 0.0398. The predicted octanol–water partition coefficient (Wildman–Crippen LogP) is 2.14. The molecule has 0 atom stereocenters. The van der Waals surface area contributed by atoms with Crippen molar-refractivity contribution in [2.45, 2.75) is 13.5 Å². The average Bonchev–Trinajstić information content (AvgIpc) is 2.61. The number of nitrogens with zero attached hydrogens (tertiary/aromatic N) is 3. The van der Waals surface area contributed by atoms with Gasteiger partial charge in [-0.2, -0.15) is 4.98 Å². The van der Waals surface area contributed by atoms with Crippen LogP contribution >= 0.6 is 0 Å². The van der Waals surface area contributed by atoms with Gasteiger partial charge in [0.15, 0.2) is 0 Å². The van der Waals surface area contributed by atoms with Crippen molar-refractivity contribution in [3.8, 4) is 0 Å². The molecule has 0 amide bonds. The number of anilines is 2. The van der Waals surface area contributed by atoms with Crippen LogP contribution in [0.5, 0.6) is 0 Å². The largest absolute Gasteiger partial charge is 0.379 e. The van der Waals surface area contributed by atoms with Gasteiger partial charge in [-0.1, -0.05) is 30.3 Å². The Morgan fingerprint density at radius 2 is 1.88 bits per heavy atom. The lowest BCUT2D eigenvalue weighted by Crippen LogP contribution is -2.39. The number of ether oxygens (including phenoxy) is 1. The minimum Gasteiger partial charge on any atom is -0.379 e. The quantitative estimate of drug-likeness (QED) is 0.812. The number of hydrogen-bond donors (Lipinski definition) is 2. The number of aromatic nitrogens is 2. The van der Waals surface area contributed by atoms with Crippen LogP contribution in [0.3, 0.4) is 0 Å². The van der Waals surface area contributed by atoms with Crippen LogP contribution in [0, 0.1) is 6.92 Å². The summed E-state index contributed by atoms with van der Waals surface area (Å²) in [5.41, 5.74) is 2.17. The Bertz CT molecular complexity index is 629. The molecule has 1 aliphatic rings. The molecule has 1 saturated heterocycles. The van der Waals surface area contributed by atoms with Gasteiger partial charge in [0, 0.05) is 44.5 Å². The summed E-state index contributed by atoms with van der Waals surface area (Å²) in [7, 11) is 0. The first-order valence-corrected chi connectivity index (χ1v) is 8.47. The van der Waals surface area contributed by atoms with E-state index in [0.717, 1.165) is 57.4 Å². The smallest absolute Gasteiger partial charge is 0.225 e. The number of hydrogen-bond acceptors (Lipinski definition) is 6. The maximum Gasteiger partial charge on any atom is 0.225 e. The molecule has 0 bridgehead atoms. The van der Waals surface area contributed by atoms with Gasteiger partial charge in [0.05, 0.1) is 13.2 Å². The molecule has 6 heteroatoms. The van der Waals surface area contributed by atoms with Gasteiger partial charge in [-0.05, 0) is 12.5 Å². The maximum absolute atomic E-state index is 5.37. The van der Waals surface area contributed by atoms with Gasteiger partial charge >= 0.3 is 0 Å². The second kappa shape index (κ2) is 8.61. The van der Waals surface area contributed by atoms with E-state index in [-0.39, 0.29) is 0 Å². The summed E-state index contributed by atoms with van der Waals surface area (Å²) >= 11 is 0. The van der Waals surface area contributed by atoms with Crippen molar-refractivity contribution < 1.29 is 4.74 Å². The second-order valence-corrected chi connectivity index (χ2v) is 5.94. The first-order chi connectivity index (χ1) is 11.8. The molecule has 1 aliphatic heterocycles. The molecule has 0 spiro atoms. The van der Waals surface area contributed by atoms with Crippen LogP contribution in [-0.4, -0.2) is 54.3 Å². The van der Waals surface area contributed by atoms with Gasteiger partial charge in [-0.15, -0.1) is 0 Å². The molecule has 0 unspecified atom stereocenters. The fourth-order valence-electron chi connectivity index (χ4n) is 2.68. The van der Waals surface area contributed by atoms with E-state index in [9.17, 15) is 0 Å². The van der Waals surface area contributed by atoms with Crippen molar-refractivity contribution in [3.05, 3.63) is 47.7 Å². The van der Waals surface area contributed by atoms with Crippen molar-refractivity contribution in [2.24, 2.45) is 0 Å². The van der Waals surface area contributed by atoms with Gasteiger partial charge in [0.2, 0.25) is 5.95 Å². The molecule has 0 aliphatic carbocycles. The normalized spacial score (nSPS) is 15.2. The zero-order valence-corrected chi connectivity index (χ0v) is 14.2. The number of morpholine rings is 1. The summed E-state index contributed by atoms with van der Waals surface area (Å²) in [5, 5.41) is 6.69. The van der Waals surface area contributed by atoms with Crippen molar-refractivity contribution in [1.82, 2.24) is 14.9 Å². The van der Waals surface area contributed by atoms with Crippen LogP contribution in [0.4, 0.5) is 11.8 Å². The predicted molar refractivity (Wildman–Crippen MR) is 96.3 cm³/mol. The van der Waals surface area contributed by atoms with Crippen molar-refractivity contribution in [1.29, 1.82) is 0 Å². The van der Waals surface area contributed by atoms with E-state index in [1.807, 2.05) is 31.2 Å². The van der Waals surface area contributed by atoms with Gasteiger partial charge < -0.3 is 15.4 Å². The SMILES string of the molecule is Cc1cc(NCCN2CCOCC2)nc(NCc2ccccc2)n1. The highest BCUT2D eigenvalue weighted by Gasteiger charge is 2.09. The number of rotatable bonds is 7. The molecular weight excluding hydrogens is 302 g/mol. The van der Waals surface area contributed by atoms with Gasteiger partial charge in [0.1, 0.15) is 5.82 Å². The average molecular weight is 327 g/mol. The highest BCUT2D eigenvalue weighted by Crippen LogP contribution is 2.11. The van der Waals surface area contributed by atoms with Crippen molar-refractivity contribution in [3.63, 3.8) is 0 Å². The van der Waals surface area contributed by atoms with Crippen LogP contribution in [-0.2, 0) is 11.3 Å². The standard InChI is InChI=1S/C18H25N5O/c1-15-13-17(19-7-8-23-9-11-24-12-10-23)22-18(21-15)20-14-16-5-3-2-4-6-16/h2-6,13H,7-12,14H2,1H3,(H2,19,20,21,22). The summed E-state index contributed by atoms with van der Waals surface area (Å²) in [6.07, 6.45) is 0. The molecule has 2 N–H and O–H groups in total. The summed E-state index contributed by atoms with van der Waals surface area (Å²) in [6.45, 7) is 8.26. The minimum absolute atomic E-state index is 0.660. The first-order valence-electron chi connectivity index (χ1n) is 8.47. The second-order valence-electron chi connectivity index (χ2n) is 5.94. The Morgan fingerprint density at radius 1 is 1.08 bits per heavy atom. The van der Waals surface area contributed by atoms with Crippen LogP contribution in [0.2, 0.25) is 0 Å². The van der Waals surface area contributed by atoms with Crippen LogP contribution in [0.25, 0.3) is 0 Å². The molecule has 2 aromatic rings. The Kier molecular flexibility index (Phi) is 5.98. The number of benzene rings is 1. The van der Waals surface area contributed by atoms with Crippen LogP contribution < -0.4 is 10.6 Å². The minimum atomic E-state index is 0.660. The van der Waals surface area contributed by atoms with Crippen molar-refractivity contribution >= 4 is 11.8 Å². The molecule has 0 saturated carbocycles. The van der Waals surface area contributed by atoms with E-state index in [1.165, 1.54) is 5.56 Å². The molecule has 2 heterocycles. The molecule has 1 fully saturated rings. The van der Waals surface area contributed by atoms with E-state index >= 15 is 0 Å². The molecule has 128 valence electrons. The van der Waals surface area contributed by atoms with E-state index in [1.54, 1.807) is 0 Å². The molecule has 1 aromatic heterocycles. The van der Waals surface area contributed by atoms with Crippen LogP contribution in [0.1, 0.15) is 11.3 Å². The van der Waals surface area contributed by atoms with Gasteiger partial charge in [0.25, 0.3) is 0 Å². The Balaban J connectivity index is 1.51. The monoisotopic (exact) mass is 327 g/mol. The zero-order valence-electron chi connectivity index (χ0n) is 14.2. The molecular formula is C18H25N5O. The summed E-state index contributed by atoms with van der Waals surface area (Å²) in [5.74, 6) is 1.53. The Hall–Kier alpha value is -2.18. The molecule has 3 rings (SSSR count). The molecule has 24 heavy (non-hydrogen) atoms. The summed E-state index contributed by atoms with van der Waals surface area (Å²) in [4.78, 5) is 11.4. The van der Waals surface area contributed by atoms with Crippen molar-refractivity contribution in [2.75, 3.05) is 50.0 Å². The first kappa shape index (κ1) is 16.7. The van der Waals surface area contributed by atoms with E-state index in [4.69, 9.17) is 4.74 Å². The van der Waals surface area contributed by atoms with E-state index in [0.29, 0.717) is 5.95 Å². The van der Waals surface area contributed by atoms with Crippen LogP contribution in [0.15, 0.2) is 36.4 Å². The summed E-state index contributed by atoms with van der Waals surface area (Å²) < 4.78 is 5.37. The third kappa shape index (κ3) is 5.18. The Morgan fingerprint density at radius 3 is 2.67 bits per heavy atom. The fraction of sp³-hybridized carbons (Fsp3) is 0.444. The topological polar surface area (TPSA) is 62.3 Å².